The topological polar surface area (TPSA) is 68.5 Å². The van der Waals surface area contributed by atoms with Crippen molar-refractivity contribution < 1.29 is 0 Å². The number of pyridine rings is 1. The molecule has 0 saturated carbocycles. The van der Waals surface area contributed by atoms with E-state index >= 15 is 0 Å². The molecule has 0 fully saturated rings. The van der Waals surface area contributed by atoms with E-state index in [2.05, 4.69) is 25.4 Å². The van der Waals surface area contributed by atoms with E-state index in [4.69, 9.17) is 0 Å². The molecule has 0 aliphatic rings. The highest BCUT2D eigenvalue weighted by molar-refractivity contribution is 7.17. The number of hydrogen-bond donors (Lipinski definition) is 1. The summed E-state index contributed by atoms with van der Waals surface area (Å²) in [5.41, 5.74) is 2.05. The predicted molar refractivity (Wildman–Crippen MR) is 86.1 cm³/mol. The van der Waals surface area contributed by atoms with Crippen LogP contribution in [0.25, 0.3) is 16.0 Å². The Labute approximate surface area is 130 Å². The van der Waals surface area contributed by atoms with Crippen molar-refractivity contribution in [2.45, 2.75) is 6.54 Å². The van der Waals surface area contributed by atoms with Crippen LogP contribution >= 0.6 is 11.3 Å². The summed E-state index contributed by atoms with van der Waals surface area (Å²) in [5, 5.41) is 9.52. The van der Waals surface area contributed by atoms with Gasteiger partial charge in [-0.3, -0.25) is 0 Å². The van der Waals surface area contributed by atoms with Crippen LogP contribution in [0.2, 0.25) is 0 Å². The van der Waals surface area contributed by atoms with Crippen LogP contribution in [0.5, 0.6) is 0 Å². The van der Waals surface area contributed by atoms with Gasteiger partial charge < -0.3 is 5.32 Å². The molecule has 6 nitrogen and oxygen atoms in total. The minimum absolute atomic E-state index is 0.663. The number of aromatic nitrogens is 5. The summed E-state index contributed by atoms with van der Waals surface area (Å²) in [4.78, 5) is 13.0. The van der Waals surface area contributed by atoms with Crippen molar-refractivity contribution in [3.63, 3.8) is 0 Å². The minimum Gasteiger partial charge on any atom is -0.365 e. The molecule has 0 spiro atoms. The van der Waals surface area contributed by atoms with E-state index in [-0.39, 0.29) is 0 Å². The number of nitrogens with one attached hydrogen (secondary N) is 1. The first-order chi connectivity index (χ1) is 10.9. The lowest BCUT2D eigenvalue weighted by atomic mass is 10.3. The average molecular weight is 308 g/mol. The third-order valence-corrected chi connectivity index (χ3v) is 4.16. The number of nitrogens with zero attached hydrogens (tertiary/aromatic N) is 5. The van der Waals surface area contributed by atoms with Crippen molar-refractivity contribution in [2.24, 2.45) is 0 Å². The van der Waals surface area contributed by atoms with E-state index < -0.39 is 0 Å². The number of thiophene rings is 1. The van der Waals surface area contributed by atoms with Crippen LogP contribution in [0, 0.1) is 0 Å². The smallest absolute Gasteiger partial charge is 0.153 e. The summed E-state index contributed by atoms with van der Waals surface area (Å²) >= 11 is 1.64. The lowest BCUT2D eigenvalue weighted by Gasteiger charge is -2.07. The maximum atomic E-state index is 4.42. The monoisotopic (exact) mass is 308 g/mol. The highest BCUT2D eigenvalue weighted by atomic mass is 32.1. The number of hydrogen-bond acceptors (Lipinski definition) is 6. The quantitative estimate of drug-likeness (QED) is 0.628. The first-order valence-electron chi connectivity index (χ1n) is 6.77. The predicted octanol–water partition coefficient (Wildman–Crippen LogP) is 2.88. The van der Waals surface area contributed by atoms with E-state index in [1.807, 2.05) is 42.0 Å². The van der Waals surface area contributed by atoms with Gasteiger partial charge in [0.05, 0.1) is 10.2 Å². The second kappa shape index (κ2) is 5.53. The van der Waals surface area contributed by atoms with Crippen LogP contribution in [-0.2, 0) is 6.54 Å². The average Bonchev–Trinajstić information content (AvgIpc) is 3.24. The second-order valence-electron chi connectivity index (χ2n) is 4.69. The summed E-state index contributed by atoms with van der Waals surface area (Å²) in [6, 6.07) is 7.85. The second-order valence-corrected chi connectivity index (χ2v) is 5.60. The first-order valence-corrected chi connectivity index (χ1v) is 7.65. The molecule has 0 aliphatic heterocycles. The van der Waals surface area contributed by atoms with Gasteiger partial charge in [0, 0.05) is 25.1 Å². The molecule has 0 atom stereocenters. The first kappa shape index (κ1) is 12.9. The van der Waals surface area contributed by atoms with E-state index in [0.717, 1.165) is 27.4 Å². The Morgan fingerprint density at radius 1 is 1.14 bits per heavy atom. The SMILES string of the molecule is c1cnn(-c2ccc(CNc3ncnc4ccsc34)cn2)c1. The molecule has 0 bridgehead atoms. The molecule has 1 N–H and O–H groups in total. The Balaban J connectivity index is 1.51. The lowest BCUT2D eigenvalue weighted by Crippen LogP contribution is -2.03. The molecule has 4 rings (SSSR count). The van der Waals surface area contributed by atoms with Gasteiger partial charge in [-0.05, 0) is 29.1 Å². The normalized spacial score (nSPS) is 10.9. The van der Waals surface area contributed by atoms with Crippen LogP contribution in [0.4, 0.5) is 5.82 Å². The molecule has 0 amide bonds. The summed E-state index contributed by atoms with van der Waals surface area (Å²) in [7, 11) is 0. The fourth-order valence-corrected chi connectivity index (χ4v) is 2.97. The van der Waals surface area contributed by atoms with E-state index in [9.17, 15) is 0 Å². The van der Waals surface area contributed by atoms with Crippen LogP contribution < -0.4 is 5.32 Å². The molecule has 0 aliphatic carbocycles. The van der Waals surface area contributed by atoms with Crippen molar-refractivity contribution in [3.8, 4) is 5.82 Å². The molecule has 4 aromatic rings. The van der Waals surface area contributed by atoms with Gasteiger partial charge >= 0.3 is 0 Å². The zero-order valence-electron chi connectivity index (χ0n) is 11.5. The fraction of sp³-hybridized carbons (Fsp3) is 0.0667. The molecule has 7 heteroatoms. The third kappa shape index (κ3) is 2.42. The van der Waals surface area contributed by atoms with Crippen LogP contribution in [0.15, 0.2) is 54.6 Å². The molecular weight excluding hydrogens is 296 g/mol. The number of rotatable bonds is 4. The molecule has 0 aromatic carbocycles. The minimum atomic E-state index is 0.663. The Hall–Kier alpha value is -2.80. The van der Waals surface area contributed by atoms with Gasteiger partial charge in [0.1, 0.15) is 12.1 Å². The standard InChI is InChI=1S/C15H12N6S/c1-5-20-21(6-1)13-3-2-11(8-16-13)9-17-15-14-12(4-7-22-14)18-10-19-15/h1-8,10H,9H2,(H,17,18,19). The maximum absolute atomic E-state index is 4.42. The summed E-state index contributed by atoms with van der Waals surface area (Å²) in [6.45, 7) is 0.663. The number of anilines is 1. The Morgan fingerprint density at radius 3 is 2.95 bits per heavy atom. The third-order valence-electron chi connectivity index (χ3n) is 3.25. The molecule has 0 radical (unpaired) electrons. The molecule has 4 aromatic heterocycles. The maximum Gasteiger partial charge on any atom is 0.153 e. The largest absolute Gasteiger partial charge is 0.365 e. The van der Waals surface area contributed by atoms with E-state index in [1.165, 1.54) is 0 Å². The fourth-order valence-electron chi connectivity index (χ4n) is 2.16. The van der Waals surface area contributed by atoms with Crippen molar-refractivity contribution in [3.05, 3.63) is 60.1 Å². The van der Waals surface area contributed by atoms with Crippen molar-refractivity contribution >= 4 is 27.4 Å². The van der Waals surface area contributed by atoms with Gasteiger partial charge in [0.15, 0.2) is 5.82 Å². The summed E-state index contributed by atoms with van der Waals surface area (Å²) in [5.74, 6) is 1.66. The zero-order valence-corrected chi connectivity index (χ0v) is 12.4. The Kier molecular flexibility index (Phi) is 3.24. The van der Waals surface area contributed by atoms with Gasteiger partial charge in [-0.1, -0.05) is 6.07 Å². The van der Waals surface area contributed by atoms with Crippen molar-refractivity contribution in [1.29, 1.82) is 0 Å². The highest BCUT2D eigenvalue weighted by Gasteiger charge is 2.05. The van der Waals surface area contributed by atoms with Gasteiger partial charge in [-0.2, -0.15) is 5.10 Å². The summed E-state index contributed by atoms with van der Waals surface area (Å²) < 4.78 is 2.81. The van der Waals surface area contributed by atoms with Crippen LogP contribution in [-0.4, -0.2) is 24.7 Å². The van der Waals surface area contributed by atoms with Gasteiger partial charge in [0.25, 0.3) is 0 Å². The lowest BCUT2D eigenvalue weighted by molar-refractivity contribution is 0.843. The molecule has 108 valence electrons. The van der Waals surface area contributed by atoms with Gasteiger partial charge in [0.2, 0.25) is 0 Å². The van der Waals surface area contributed by atoms with Crippen LogP contribution in [0.3, 0.4) is 0 Å². The molecule has 22 heavy (non-hydrogen) atoms. The highest BCUT2D eigenvalue weighted by Crippen LogP contribution is 2.25. The summed E-state index contributed by atoms with van der Waals surface area (Å²) in [6.07, 6.45) is 7.03. The Morgan fingerprint density at radius 2 is 2.14 bits per heavy atom. The molecule has 0 unspecified atom stereocenters. The van der Waals surface area contributed by atoms with E-state index in [0.29, 0.717) is 6.54 Å². The van der Waals surface area contributed by atoms with Gasteiger partial charge in [-0.25, -0.2) is 19.6 Å². The molecule has 0 saturated heterocycles. The molecule has 4 heterocycles. The van der Waals surface area contributed by atoms with Gasteiger partial charge in [-0.15, -0.1) is 11.3 Å². The Bertz CT molecular complexity index is 882. The zero-order chi connectivity index (χ0) is 14.8. The van der Waals surface area contributed by atoms with E-state index in [1.54, 1.807) is 28.5 Å². The van der Waals surface area contributed by atoms with Crippen molar-refractivity contribution in [2.75, 3.05) is 5.32 Å². The van der Waals surface area contributed by atoms with Crippen LogP contribution in [0.1, 0.15) is 5.56 Å². The molecular formula is C15H12N6S. The van der Waals surface area contributed by atoms with Crippen molar-refractivity contribution in [1.82, 2.24) is 24.7 Å². The number of fused-ring (bicyclic) bond motifs is 1.